The lowest BCUT2D eigenvalue weighted by atomic mass is 9.73. The zero-order valence-electron chi connectivity index (χ0n) is 17.7. The number of halogens is 1. The summed E-state index contributed by atoms with van der Waals surface area (Å²) in [5.74, 6) is 1.52. The maximum absolute atomic E-state index is 12.8. The third kappa shape index (κ3) is 3.95. The molecule has 2 aromatic rings. The van der Waals surface area contributed by atoms with Gasteiger partial charge in [0.25, 0.3) is 0 Å². The summed E-state index contributed by atoms with van der Waals surface area (Å²) in [6, 6.07) is 12.1. The Bertz CT molecular complexity index is 987. The molecule has 2 fully saturated rings. The number of hydrogen-bond donors (Lipinski definition) is 1. The monoisotopic (exact) mass is 458 g/mol. The van der Waals surface area contributed by atoms with E-state index in [1.165, 1.54) is 10.5 Å². The van der Waals surface area contributed by atoms with Crippen LogP contribution in [0.3, 0.4) is 0 Å². The van der Waals surface area contributed by atoms with E-state index in [0.29, 0.717) is 17.5 Å². The van der Waals surface area contributed by atoms with Crippen molar-refractivity contribution in [3.63, 3.8) is 0 Å². The Kier molecular flexibility index (Phi) is 5.90. The Morgan fingerprint density at radius 2 is 2.03 bits per heavy atom. The Labute approximate surface area is 192 Å². The molecule has 0 atom stereocenters. The van der Waals surface area contributed by atoms with Crippen LogP contribution in [0, 0.1) is 0 Å². The van der Waals surface area contributed by atoms with E-state index in [0.717, 1.165) is 62.7 Å². The molecule has 5 nitrogen and oxygen atoms in total. The minimum absolute atomic E-state index is 0.113. The van der Waals surface area contributed by atoms with E-state index < -0.39 is 5.41 Å². The average Bonchev–Trinajstić information content (AvgIpc) is 2.99. The highest BCUT2D eigenvalue weighted by molar-refractivity contribution is 7.98. The van der Waals surface area contributed by atoms with Gasteiger partial charge in [-0.2, -0.15) is 0 Å². The molecule has 3 aliphatic heterocycles. The van der Waals surface area contributed by atoms with Gasteiger partial charge in [-0.3, -0.25) is 9.69 Å². The van der Waals surface area contributed by atoms with Crippen molar-refractivity contribution < 1.29 is 14.3 Å². The van der Waals surface area contributed by atoms with Crippen LogP contribution in [0.15, 0.2) is 41.3 Å². The first-order valence-corrected chi connectivity index (χ1v) is 12.4. The Morgan fingerprint density at radius 3 is 2.74 bits per heavy atom. The molecule has 3 aliphatic rings. The number of carbonyl (C=O) groups is 1. The van der Waals surface area contributed by atoms with Gasteiger partial charge in [0.15, 0.2) is 0 Å². The first kappa shape index (κ1) is 21.1. The van der Waals surface area contributed by atoms with Gasteiger partial charge in [-0.1, -0.05) is 11.6 Å². The van der Waals surface area contributed by atoms with E-state index in [-0.39, 0.29) is 5.91 Å². The van der Waals surface area contributed by atoms with Crippen LogP contribution in [-0.4, -0.2) is 56.5 Å². The molecule has 2 aromatic carbocycles. The van der Waals surface area contributed by atoms with Gasteiger partial charge in [0.05, 0.1) is 18.6 Å². The number of anilines is 1. The molecule has 2 saturated heterocycles. The molecule has 1 N–H and O–H groups in total. The van der Waals surface area contributed by atoms with Gasteiger partial charge in [0.1, 0.15) is 12.4 Å². The summed E-state index contributed by atoms with van der Waals surface area (Å²) in [4.78, 5) is 16.5. The molecule has 0 aliphatic carbocycles. The van der Waals surface area contributed by atoms with Crippen LogP contribution >= 0.6 is 23.4 Å². The summed E-state index contributed by atoms with van der Waals surface area (Å²) in [5, 5.41) is 3.73. The number of nitrogens with zero attached hydrogens (tertiary/aromatic N) is 1. The molecule has 1 amide bonds. The van der Waals surface area contributed by atoms with E-state index >= 15 is 0 Å². The van der Waals surface area contributed by atoms with Crippen molar-refractivity contribution in [2.75, 3.05) is 51.0 Å². The number of hydrogen-bond acceptors (Lipinski definition) is 5. The van der Waals surface area contributed by atoms with Crippen molar-refractivity contribution in [2.45, 2.75) is 29.1 Å². The zero-order valence-corrected chi connectivity index (χ0v) is 19.2. The van der Waals surface area contributed by atoms with Crippen LogP contribution in [-0.2, 0) is 14.9 Å². The Balaban J connectivity index is 1.17. The summed E-state index contributed by atoms with van der Waals surface area (Å²) in [6.07, 6.45) is 3.72. The molecular formula is C24H27ClN2O3S. The molecule has 7 heteroatoms. The fourth-order valence-corrected chi connectivity index (χ4v) is 5.71. The average molecular weight is 459 g/mol. The predicted molar refractivity (Wildman–Crippen MR) is 125 cm³/mol. The molecule has 0 unspecified atom stereocenters. The molecule has 5 rings (SSSR count). The molecule has 164 valence electrons. The normalized spacial score (nSPS) is 20.4. The fourth-order valence-electron chi connectivity index (χ4n) is 4.87. The van der Waals surface area contributed by atoms with Gasteiger partial charge < -0.3 is 14.8 Å². The van der Waals surface area contributed by atoms with E-state index in [4.69, 9.17) is 21.1 Å². The van der Waals surface area contributed by atoms with Crippen molar-refractivity contribution in [1.82, 2.24) is 4.90 Å². The van der Waals surface area contributed by atoms with E-state index in [1.54, 1.807) is 11.8 Å². The van der Waals surface area contributed by atoms with Crippen LogP contribution in [0.5, 0.6) is 5.75 Å². The minimum Gasteiger partial charge on any atom is -0.492 e. The molecule has 0 saturated carbocycles. The lowest BCUT2D eigenvalue weighted by Gasteiger charge is -2.38. The van der Waals surface area contributed by atoms with Crippen molar-refractivity contribution >= 4 is 35.0 Å². The maximum atomic E-state index is 12.8. The summed E-state index contributed by atoms with van der Waals surface area (Å²) < 4.78 is 11.5. The number of likely N-dealkylation sites (tertiary alicyclic amines) is 1. The first-order valence-electron chi connectivity index (χ1n) is 10.8. The first-order chi connectivity index (χ1) is 15.1. The third-order valence-electron chi connectivity index (χ3n) is 6.84. The molecular weight excluding hydrogens is 432 g/mol. The van der Waals surface area contributed by atoms with Crippen molar-refractivity contribution in [3.8, 4) is 5.75 Å². The number of rotatable bonds is 6. The Morgan fingerprint density at radius 1 is 1.23 bits per heavy atom. The van der Waals surface area contributed by atoms with Gasteiger partial charge in [-0.25, -0.2) is 0 Å². The zero-order chi connectivity index (χ0) is 21.4. The molecule has 0 bridgehead atoms. The smallest absolute Gasteiger partial charge is 0.235 e. The highest BCUT2D eigenvalue weighted by Crippen LogP contribution is 2.45. The number of fused-ring (bicyclic) bond motifs is 2. The summed E-state index contributed by atoms with van der Waals surface area (Å²) in [6.45, 7) is 4.84. The van der Waals surface area contributed by atoms with Crippen molar-refractivity contribution in [1.29, 1.82) is 0 Å². The number of benzene rings is 2. The van der Waals surface area contributed by atoms with Crippen molar-refractivity contribution in [3.05, 3.63) is 52.5 Å². The second-order valence-corrected chi connectivity index (χ2v) is 9.84. The summed E-state index contributed by atoms with van der Waals surface area (Å²) >= 11 is 7.99. The molecule has 1 spiro atoms. The van der Waals surface area contributed by atoms with Gasteiger partial charge in [-0.05, 0) is 79.7 Å². The predicted octanol–water partition coefficient (Wildman–Crippen LogP) is 4.54. The standard InChI is InChI=1S/C24H27ClN2O3S/c1-31-22-5-3-18(13-19(22)16-14-29-15-16)30-11-10-27-8-6-24(7-9-27)20-12-17(25)2-4-21(20)26-23(24)28/h2-5,12-13,16H,6-11,14-15H2,1H3,(H,26,28). The molecule has 3 heterocycles. The molecule has 0 radical (unpaired) electrons. The quantitative estimate of drug-likeness (QED) is 0.644. The number of ether oxygens (including phenoxy) is 2. The largest absolute Gasteiger partial charge is 0.492 e. The topological polar surface area (TPSA) is 50.8 Å². The fraction of sp³-hybridized carbons (Fsp3) is 0.458. The van der Waals surface area contributed by atoms with Crippen LogP contribution in [0.4, 0.5) is 5.69 Å². The number of piperidine rings is 1. The van der Waals surface area contributed by atoms with Crippen LogP contribution in [0.25, 0.3) is 0 Å². The summed E-state index contributed by atoms with van der Waals surface area (Å²) in [5.41, 5.74) is 2.86. The number of carbonyl (C=O) groups excluding carboxylic acids is 1. The van der Waals surface area contributed by atoms with Crippen molar-refractivity contribution in [2.24, 2.45) is 0 Å². The SMILES string of the molecule is CSc1ccc(OCCN2CCC3(CC2)C(=O)Nc2ccc(Cl)cc23)cc1C1COC1. The van der Waals surface area contributed by atoms with E-state index in [2.05, 4.69) is 34.7 Å². The highest BCUT2D eigenvalue weighted by Gasteiger charge is 2.48. The van der Waals surface area contributed by atoms with Crippen LogP contribution in [0.2, 0.25) is 5.02 Å². The highest BCUT2D eigenvalue weighted by atomic mass is 35.5. The number of amides is 1. The second kappa shape index (κ2) is 8.66. The van der Waals surface area contributed by atoms with E-state index in [1.807, 2.05) is 18.2 Å². The lowest BCUT2D eigenvalue weighted by Crippen LogP contribution is -2.47. The van der Waals surface area contributed by atoms with Gasteiger partial charge in [-0.15, -0.1) is 11.8 Å². The van der Waals surface area contributed by atoms with Gasteiger partial charge in [0, 0.05) is 28.1 Å². The lowest BCUT2D eigenvalue weighted by molar-refractivity contribution is -0.122. The van der Waals surface area contributed by atoms with Gasteiger partial charge >= 0.3 is 0 Å². The maximum Gasteiger partial charge on any atom is 0.235 e. The molecule has 31 heavy (non-hydrogen) atoms. The second-order valence-electron chi connectivity index (χ2n) is 8.55. The van der Waals surface area contributed by atoms with Crippen LogP contribution in [0.1, 0.15) is 29.9 Å². The Hall–Kier alpha value is -1.73. The third-order valence-corrected chi connectivity index (χ3v) is 7.89. The van der Waals surface area contributed by atoms with Crippen LogP contribution < -0.4 is 10.1 Å². The number of nitrogens with one attached hydrogen (secondary N) is 1. The van der Waals surface area contributed by atoms with Gasteiger partial charge in [0.2, 0.25) is 5.91 Å². The van der Waals surface area contributed by atoms with E-state index in [9.17, 15) is 4.79 Å². The minimum atomic E-state index is -0.439. The summed E-state index contributed by atoms with van der Waals surface area (Å²) in [7, 11) is 0. The molecule has 0 aromatic heterocycles. The number of thioether (sulfide) groups is 1.